The average molecular weight is 274 g/mol. The predicted molar refractivity (Wildman–Crippen MR) is 82.0 cm³/mol. The highest BCUT2D eigenvalue weighted by Crippen LogP contribution is 2.26. The van der Waals surface area contributed by atoms with E-state index in [-0.39, 0.29) is 6.10 Å². The molecule has 2 fully saturated rings. The molecule has 0 aromatic heterocycles. The second-order valence-corrected chi connectivity index (χ2v) is 6.45. The standard InChI is InChI=1S/C17H26N2O/c1-13(2)20-16-5-3-4-14(10-16)11-19-9-7-17-15(12-19)6-8-18-17/h3-5,10,13,15,17-18H,6-9,11-12H2,1-2H3. The molecule has 2 unspecified atom stereocenters. The molecule has 2 aliphatic heterocycles. The van der Waals surface area contributed by atoms with Gasteiger partial charge in [0.1, 0.15) is 5.75 Å². The van der Waals surface area contributed by atoms with E-state index in [0.717, 1.165) is 24.3 Å². The van der Waals surface area contributed by atoms with Gasteiger partial charge >= 0.3 is 0 Å². The minimum atomic E-state index is 0.241. The Bertz CT molecular complexity index is 446. The first kappa shape index (κ1) is 13.9. The molecule has 3 nitrogen and oxygen atoms in total. The SMILES string of the molecule is CC(C)Oc1cccc(CN2CCC3NCCC3C2)c1. The summed E-state index contributed by atoms with van der Waals surface area (Å²) in [5.74, 6) is 1.86. The fraction of sp³-hybridized carbons (Fsp3) is 0.647. The number of piperidine rings is 1. The van der Waals surface area contributed by atoms with E-state index in [1.165, 1.54) is 38.0 Å². The van der Waals surface area contributed by atoms with Crippen LogP contribution in [0.4, 0.5) is 0 Å². The van der Waals surface area contributed by atoms with Crippen LogP contribution in [-0.2, 0) is 6.54 Å². The van der Waals surface area contributed by atoms with Gasteiger partial charge in [-0.2, -0.15) is 0 Å². The maximum atomic E-state index is 5.78. The van der Waals surface area contributed by atoms with E-state index in [0.29, 0.717) is 0 Å². The maximum absolute atomic E-state index is 5.78. The molecule has 3 heteroatoms. The first-order valence-electron chi connectivity index (χ1n) is 7.92. The van der Waals surface area contributed by atoms with Crippen LogP contribution in [0.2, 0.25) is 0 Å². The molecular formula is C17H26N2O. The van der Waals surface area contributed by atoms with Crippen molar-refractivity contribution < 1.29 is 4.74 Å². The van der Waals surface area contributed by atoms with Crippen molar-refractivity contribution in [2.75, 3.05) is 19.6 Å². The molecule has 1 N–H and O–H groups in total. The van der Waals surface area contributed by atoms with Gasteiger partial charge in [-0.15, -0.1) is 0 Å². The van der Waals surface area contributed by atoms with Crippen LogP contribution in [0.1, 0.15) is 32.3 Å². The summed E-state index contributed by atoms with van der Waals surface area (Å²) in [7, 11) is 0. The van der Waals surface area contributed by atoms with Crippen LogP contribution < -0.4 is 10.1 Å². The van der Waals surface area contributed by atoms with Gasteiger partial charge in [-0.05, 0) is 63.4 Å². The molecule has 2 atom stereocenters. The Morgan fingerprint density at radius 1 is 1.35 bits per heavy atom. The van der Waals surface area contributed by atoms with Crippen LogP contribution in [0, 0.1) is 5.92 Å². The molecule has 110 valence electrons. The summed E-state index contributed by atoms with van der Waals surface area (Å²) < 4.78 is 5.78. The van der Waals surface area contributed by atoms with Crippen molar-refractivity contribution in [1.29, 1.82) is 0 Å². The van der Waals surface area contributed by atoms with Gasteiger partial charge in [0.25, 0.3) is 0 Å². The Labute approximate surface area is 122 Å². The summed E-state index contributed by atoms with van der Waals surface area (Å²) in [6.07, 6.45) is 2.88. The van der Waals surface area contributed by atoms with Gasteiger partial charge in [0.05, 0.1) is 6.10 Å². The van der Waals surface area contributed by atoms with Gasteiger partial charge in [0.2, 0.25) is 0 Å². The highest BCUT2D eigenvalue weighted by Gasteiger charge is 2.32. The Morgan fingerprint density at radius 3 is 3.10 bits per heavy atom. The quantitative estimate of drug-likeness (QED) is 0.913. The fourth-order valence-electron chi connectivity index (χ4n) is 3.51. The molecule has 2 aliphatic rings. The first-order valence-corrected chi connectivity index (χ1v) is 7.92. The molecule has 2 heterocycles. The smallest absolute Gasteiger partial charge is 0.120 e. The lowest BCUT2D eigenvalue weighted by Crippen LogP contribution is -2.43. The van der Waals surface area contributed by atoms with Gasteiger partial charge in [0, 0.05) is 19.1 Å². The number of rotatable bonds is 4. The molecule has 20 heavy (non-hydrogen) atoms. The highest BCUT2D eigenvalue weighted by molar-refractivity contribution is 5.28. The molecule has 2 saturated heterocycles. The van der Waals surface area contributed by atoms with Crippen molar-refractivity contribution in [3.63, 3.8) is 0 Å². The number of nitrogens with zero attached hydrogens (tertiary/aromatic N) is 1. The number of ether oxygens (including phenoxy) is 1. The third kappa shape index (κ3) is 3.33. The number of hydrogen-bond acceptors (Lipinski definition) is 3. The minimum Gasteiger partial charge on any atom is -0.491 e. The van der Waals surface area contributed by atoms with E-state index in [4.69, 9.17) is 4.74 Å². The third-order valence-corrected chi connectivity index (χ3v) is 4.42. The van der Waals surface area contributed by atoms with Gasteiger partial charge in [-0.25, -0.2) is 0 Å². The van der Waals surface area contributed by atoms with E-state index >= 15 is 0 Å². The Kier molecular flexibility index (Phi) is 4.27. The molecule has 0 radical (unpaired) electrons. The fourth-order valence-corrected chi connectivity index (χ4v) is 3.51. The van der Waals surface area contributed by atoms with Crippen molar-refractivity contribution in [3.05, 3.63) is 29.8 Å². The van der Waals surface area contributed by atoms with E-state index in [2.05, 4.69) is 48.3 Å². The van der Waals surface area contributed by atoms with Gasteiger partial charge in [-0.3, -0.25) is 4.90 Å². The lowest BCUT2D eigenvalue weighted by Gasteiger charge is -2.34. The Morgan fingerprint density at radius 2 is 2.25 bits per heavy atom. The first-order chi connectivity index (χ1) is 9.70. The number of benzene rings is 1. The minimum absolute atomic E-state index is 0.241. The largest absolute Gasteiger partial charge is 0.491 e. The summed E-state index contributed by atoms with van der Waals surface area (Å²) in [5, 5.41) is 3.63. The van der Waals surface area contributed by atoms with Gasteiger partial charge < -0.3 is 10.1 Å². The Balaban J connectivity index is 1.60. The summed E-state index contributed by atoms with van der Waals surface area (Å²) in [6, 6.07) is 9.35. The molecule has 1 aromatic carbocycles. The third-order valence-electron chi connectivity index (χ3n) is 4.42. The molecule has 0 aliphatic carbocycles. The van der Waals surface area contributed by atoms with Crippen LogP contribution in [0.3, 0.4) is 0 Å². The van der Waals surface area contributed by atoms with Crippen LogP contribution in [0.5, 0.6) is 5.75 Å². The van der Waals surface area contributed by atoms with E-state index in [9.17, 15) is 0 Å². The molecule has 1 aromatic rings. The van der Waals surface area contributed by atoms with Crippen LogP contribution in [0.15, 0.2) is 24.3 Å². The summed E-state index contributed by atoms with van der Waals surface area (Å²) in [4.78, 5) is 2.60. The summed E-state index contributed by atoms with van der Waals surface area (Å²) >= 11 is 0. The topological polar surface area (TPSA) is 24.5 Å². The predicted octanol–water partition coefficient (Wildman–Crippen LogP) is 2.66. The van der Waals surface area contributed by atoms with E-state index in [1.54, 1.807) is 0 Å². The molecule has 0 spiro atoms. The van der Waals surface area contributed by atoms with E-state index in [1.807, 2.05) is 0 Å². The Hall–Kier alpha value is -1.06. The maximum Gasteiger partial charge on any atom is 0.120 e. The van der Waals surface area contributed by atoms with Crippen LogP contribution >= 0.6 is 0 Å². The molecule has 0 saturated carbocycles. The lowest BCUT2D eigenvalue weighted by molar-refractivity contribution is 0.155. The van der Waals surface area contributed by atoms with Crippen molar-refractivity contribution in [1.82, 2.24) is 10.2 Å². The monoisotopic (exact) mass is 274 g/mol. The second-order valence-electron chi connectivity index (χ2n) is 6.45. The number of hydrogen-bond donors (Lipinski definition) is 1. The van der Waals surface area contributed by atoms with Gasteiger partial charge in [0.15, 0.2) is 0 Å². The number of fused-ring (bicyclic) bond motifs is 1. The molecule has 3 rings (SSSR count). The van der Waals surface area contributed by atoms with Crippen molar-refractivity contribution in [3.8, 4) is 5.75 Å². The van der Waals surface area contributed by atoms with Crippen molar-refractivity contribution >= 4 is 0 Å². The van der Waals surface area contributed by atoms with Gasteiger partial charge in [-0.1, -0.05) is 12.1 Å². The van der Waals surface area contributed by atoms with Crippen molar-refractivity contribution in [2.24, 2.45) is 5.92 Å². The van der Waals surface area contributed by atoms with Crippen LogP contribution in [-0.4, -0.2) is 36.7 Å². The molecule has 0 bridgehead atoms. The zero-order valence-electron chi connectivity index (χ0n) is 12.6. The second kappa shape index (κ2) is 6.15. The number of nitrogens with one attached hydrogen (secondary N) is 1. The summed E-state index contributed by atoms with van der Waals surface area (Å²) in [5.41, 5.74) is 1.37. The molecule has 0 amide bonds. The van der Waals surface area contributed by atoms with Crippen LogP contribution in [0.25, 0.3) is 0 Å². The van der Waals surface area contributed by atoms with Crippen molar-refractivity contribution in [2.45, 2.75) is 45.4 Å². The lowest BCUT2D eigenvalue weighted by atomic mass is 9.93. The highest BCUT2D eigenvalue weighted by atomic mass is 16.5. The zero-order valence-corrected chi connectivity index (χ0v) is 12.6. The molecular weight excluding hydrogens is 248 g/mol. The number of likely N-dealkylation sites (tertiary alicyclic amines) is 1. The summed E-state index contributed by atoms with van der Waals surface area (Å²) in [6.45, 7) is 8.87. The zero-order chi connectivity index (χ0) is 13.9. The van der Waals surface area contributed by atoms with E-state index < -0.39 is 0 Å². The normalized spacial score (nSPS) is 26.8. The average Bonchev–Trinajstić information content (AvgIpc) is 2.85.